The van der Waals surface area contributed by atoms with E-state index in [2.05, 4.69) is 4.72 Å². The average Bonchev–Trinajstić information content (AvgIpc) is 2.37. The molecule has 0 atom stereocenters. The van der Waals surface area contributed by atoms with Crippen molar-refractivity contribution in [3.8, 4) is 0 Å². The SMILES string of the molecule is Cc1ccc(CNS(=O)(=O)c2cc(N)cc(F)c2)cc1. The molecule has 106 valence electrons. The van der Waals surface area contributed by atoms with E-state index >= 15 is 0 Å². The van der Waals surface area contributed by atoms with Crippen LogP contribution in [0.1, 0.15) is 11.1 Å². The number of hydrogen-bond acceptors (Lipinski definition) is 3. The van der Waals surface area contributed by atoms with Crippen molar-refractivity contribution in [1.82, 2.24) is 4.72 Å². The van der Waals surface area contributed by atoms with Gasteiger partial charge in [0.1, 0.15) is 5.82 Å². The van der Waals surface area contributed by atoms with Crippen LogP contribution in [-0.2, 0) is 16.6 Å². The maximum absolute atomic E-state index is 13.2. The Hall–Kier alpha value is -1.92. The lowest BCUT2D eigenvalue weighted by Crippen LogP contribution is -2.23. The number of benzene rings is 2. The summed E-state index contributed by atoms with van der Waals surface area (Å²) in [7, 11) is -3.78. The highest BCUT2D eigenvalue weighted by atomic mass is 32.2. The molecule has 3 N–H and O–H groups in total. The summed E-state index contributed by atoms with van der Waals surface area (Å²) in [4.78, 5) is -0.179. The lowest BCUT2D eigenvalue weighted by atomic mass is 10.2. The van der Waals surface area contributed by atoms with E-state index in [1.165, 1.54) is 6.07 Å². The first-order chi connectivity index (χ1) is 9.37. The van der Waals surface area contributed by atoms with Gasteiger partial charge in [0.15, 0.2) is 0 Å². The fraction of sp³-hybridized carbons (Fsp3) is 0.143. The van der Waals surface area contributed by atoms with Gasteiger partial charge in [-0.15, -0.1) is 0 Å². The molecule has 0 fully saturated rings. The lowest BCUT2D eigenvalue weighted by Gasteiger charge is -2.08. The van der Waals surface area contributed by atoms with Crippen LogP contribution >= 0.6 is 0 Å². The van der Waals surface area contributed by atoms with Crippen molar-refractivity contribution >= 4 is 15.7 Å². The van der Waals surface area contributed by atoms with Crippen LogP contribution in [0.15, 0.2) is 47.4 Å². The van der Waals surface area contributed by atoms with Crippen LogP contribution in [0, 0.1) is 12.7 Å². The third-order valence-electron chi connectivity index (χ3n) is 2.79. The summed E-state index contributed by atoms with van der Waals surface area (Å²) in [5, 5.41) is 0. The number of anilines is 1. The highest BCUT2D eigenvalue weighted by Crippen LogP contribution is 2.16. The Bertz CT molecular complexity index is 692. The van der Waals surface area contributed by atoms with E-state index in [-0.39, 0.29) is 17.1 Å². The normalized spacial score (nSPS) is 11.5. The zero-order valence-corrected chi connectivity index (χ0v) is 11.7. The Balaban J connectivity index is 2.16. The van der Waals surface area contributed by atoms with Crippen molar-refractivity contribution in [1.29, 1.82) is 0 Å². The Kier molecular flexibility index (Phi) is 4.06. The number of halogens is 1. The molecule has 0 aliphatic carbocycles. The van der Waals surface area contributed by atoms with Gasteiger partial charge in [-0.05, 0) is 30.7 Å². The van der Waals surface area contributed by atoms with Crippen molar-refractivity contribution in [3.63, 3.8) is 0 Å². The molecule has 6 heteroatoms. The largest absolute Gasteiger partial charge is 0.399 e. The maximum Gasteiger partial charge on any atom is 0.241 e. The summed E-state index contributed by atoms with van der Waals surface area (Å²) in [6.07, 6.45) is 0. The topological polar surface area (TPSA) is 72.2 Å². The van der Waals surface area contributed by atoms with Crippen LogP contribution in [-0.4, -0.2) is 8.42 Å². The predicted octanol–water partition coefficient (Wildman–Crippen LogP) is 2.19. The Morgan fingerprint density at radius 3 is 2.40 bits per heavy atom. The van der Waals surface area contributed by atoms with Crippen molar-refractivity contribution in [2.45, 2.75) is 18.4 Å². The summed E-state index contributed by atoms with van der Waals surface area (Å²) < 4.78 is 39.7. The van der Waals surface area contributed by atoms with Crippen molar-refractivity contribution in [3.05, 3.63) is 59.4 Å². The minimum Gasteiger partial charge on any atom is -0.399 e. The molecule has 0 aromatic heterocycles. The minimum atomic E-state index is -3.78. The molecule has 20 heavy (non-hydrogen) atoms. The van der Waals surface area contributed by atoms with E-state index in [9.17, 15) is 12.8 Å². The number of rotatable bonds is 4. The van der Waals surface area contributed by atoms with E-state index < -0.39 is 15.8 Å². The Morgan fingerprint density at radius 2 is 1.80 bits per heavy atom. The minimum absolute atomic E-state index is 0.0701. The van der Waals surface area contributed by atoms with Gasteiger partial charge < -0.3 is 5.73 Å². The lowest BCUT2D eigenvalue weighted by molar-refractivity contribution is 0.577. The molecule has 0 saturated heterocycles. The van der Waals surface area contributed by atoms with Crippen LogP contribution in [0.4, 0.5) is 10.1 Å². The summed E-state index contributed by atoms with van der Waals surface area (Å²) in [6, 6.07) is 10.7. The van der Waals surface area contributed by atoms with E-state index in [4.69, 9.17) is 5.73 Å². The van der Waals surface area contributed by atoms with E-state index in [1.54, 1.807) is 0 Å². The van der Waals surface area contributed by atoms with Gasteiger partial charge in [-0.2, -0.15) is 0 Å². The second-order valence-electron chi connectivity index (χ2n) is 4.53. The van der Waals surface area contributed by atoms with Gasteiger partial charge in [0.25, 0.3) is 0 Å². The molecule has 0 heterocycles. The van der Waals surface area contributed by atoms with Crippen molar-refractivity contribution in [2.75, 3.05) is 5.73 Å². The van der Waals surface area contributed by atoms with Crippen molar-refractivity contribution < 1.29 is 12.8 Å². The van der Waals surface area contributed by atoms with Gasteiger partial charge in [-0.25, -0.2) is 17.5 Å². The third kappa shape index (κ3) is 3.55. The van der Waals surface area contributed by atoms with Gasteiger partial charge in [-0.1, -0.05) is 29.8 Å². The fourth-order valence-electron chi connectivity index (χ4n) is 1.71. The summed E-state index contributed by atoms with van der Waals surface area (Å²) in [6.45, 7) is 2.09. The fourth-order valence-corrected chi connectivity index (χ4v) is 2.79. The Morgan fingerprint density at radius 1 is 1.15 bits per heavy atom. The number of sulfonamides is 1. The predicted molar refractivity (Wildman–Crippen MR) is 76.0 cm³/mol. The van der Waals surface area contributed by atoms with Gasteiger partial charge in [0.2, 0.25) is 10.0 Å². The molecule has 2 aromatic carbocycles. The molecule has 0 unspecified atom stereocenters. The molecular weight excluding hydrogens is 279 g/mol. The molecule has 0 radical (unpaired) electrons. The zero-order chi connectivity index (χ0) is 14.8. The smallest absolute Gasteiger partial charge is 0.241 e. The third-order valence-corrected chi connectivity index (χ3v) is 4.17. The summed E-state index contributed by atoms with van der Waals surface area (Å²) >= 11 is 0. The standard InChI is InChI=1S/C14H15FN2O2S/c1-10-2-4-11(5-3-10)9-17-20(18,19)14-7-12(15)6-13(16)8-14/h2-8,17H,9,16H2,1H3. The molecule has 0 saturated carbocycles. The number of nitrogens with two attached hydrogens (primary N) is 1. The maximum atomic E-state index is 13.2. The molecule has 0 spiro atoms. The molecule has 2 rings (SSSR count). The molecular formula is C14H15FN2O2S. The molecule has 4 nitrogen and oxygen atoms in total. The second kappa shape index (κ2) is 5.60. The van der Waals surface area contributed by atoms with E-state index in [0.29, 0.717) is 0 Å². The number of nitrogens with one attached hydrogen (secondary N) is 1. The molecule has 2 aromatic rings. The van der Waals surface area contributed by atoms with E-state index in [0.717, 1.165) is 23.3 Å². The molecule has 0 aliphatic rings. The number of hydrogen-bond donors (Lipinski definition) is 2. The highest BCUT2D eigenvalue weighted by molar-refractivity contribution is 7.89. The summed E-state index contributed by atoms with van der Waals surface area (Å²) in [5.41, 5.74) is 7.43. The average molecular weight is 294 g/mol. The zero-order valence-electron chi connectivity index (χ0n) is 10.9. The van der Waals surface area contributed by atoms with Crippen LogP contribution in [0.3, 0.4) is 0 Å². The first-order valence-corrected chi connectivity index (χ1v) is 7.46. The number of nitrogen functional groups attached to an aromatic ring is 1. The van der Waals surface area contributed by atoms with Gasteiger partial charge in [0, 0.05) is 12.2 Å². The Labute approximate surface area is 117 Å². The molecule has 0 bridgehead atoms. The van der Waals surface area contributed by atoms with Gasteiger partial charge in [0.05, 0.1) is 4.90 Å². The summed E-state index contributed by atoms with van der Waals surface area (Å²) in [5.74, 6) is -0.680. The van der Waals surface area contributed by atoms with Gasteiger partial charge >= 0.3 is 0 Å². The monoisotopic (exact) mass is 294 g/mol. The first-order valence-electron chi connectivity index (χ1n) is 5.98. The van der Waals surface area contributed by atoms with Crippen LogP contribution < -0.4 is 10.5 Å². The van der Waals surface area contributed by atoms with Crippen molar-refractivity contribution in [2.24, 2.45) is 0 Å². The first kappa shape index (κ1) is 14.5. The van der Waals surface area contributed by atoms with Crippen LogP contribution in [0.2, 0.25) is 0 Å². The van der Waals surface area contributed by atoms with Gasteiger partial charge in [-0.3, -0.25) is 0 Å². The van der Waals surface area contributed by atoms with Crippen LogP contribution in [0.5, 0.6) is 0 Å². The quantitative estimate of drug-likeness (QED) is 0.849. The van der Waals surface area contributed by atoms with E-state index in [1.807, 2.05) is 31.2 Å². The second-order valence-corrected chi connectivity index (χ2v) is 6.30. The van der Waals surface area contributed by atoms with Crippen LogP contribution in [0.25, 0.3) is 0 Å². The highest BCUT2D eigenvalue weighted by Gasteiger charge is 2.15. The molecule has 0 amide bonds. The molecule has 0 aliphatic heterocycles. The number of aryl methyl sites for hydroxylation is 1.